The average molecular weight is 391 g/mol. The summed E-state index contributed by atoms with van der Waals surface area (Å²) in [6, 6.07) is 18.1. The number of methoxy groups -OCH3 is 1. The van der Waals surface area contributed by atoms with Gasteiger partial charge in [0.05, 0.1) is 19.7 Å². The third-order valence-corrected chi connectivity index (χ3v) is 5.20. The van der Waals surface area contributed by atoms with Gasteiger partial charge >= 0.3 is 0 Å². The Labute approximate surface area is 170 Å². The fraction of sp³-hybridized carbons (Fsp3) is 0.304. The van der Waals surface area contributed by atoms with Crippen LogP contribution in [0.25, 0.3) is 0 Å². The molecule has 1 amide bonds. The molecule has 6 heteroatoms. The largest absolute Gasteiger partial charge is 0.497 e. The van der Waals surface area contributed by atoms with Crippen LogP contribution in [0.4, 0.5) is 5.69 Å². The lowest BCUT2D eigenvalue weighted by Crippen LogP contribution is -2.49. The molecule has 0 spiro atoms. The molecule has 1 aliphatic rings. The maximum atomic E-state index is 12.7. The second kappa shape index (κ2) is 8.82. The Morgan fingerprint density at radius 2 is 1.76 bits per heavy atom. The van der Waals surface area contributed by atoms with Crippen molar-refractivity contribution in [3.05, 3.63) is 78.0 Å². The summed E-state index contributed by atoms with van der Waals surface area (Å²) in [6.07, 6.45) is 2.56. The number of amides is 1. The highest BCUT2D eigenvalue weighted by Gasteiger charge is 2.22. The molecule has 150 valence electrons. The third-order valence-electron chi connectivity index (χ3n) is 5.20. The van der Waals surface area contributed by atoms with Crippen LogP contribution in [0.2, 0.25) is 0 Å². The molecule has 0 unspecified atom stereocenters. The standard InChI is InChI=1S/C23H25N3O3/c1-28-20-9-7-19(8-10-20)25-11-13-26(14-12-25)23(27)16-21-17-24-22(29-21)15-18-5-3-2-4-6-18/h2-10,17H,11-16H2,1H3. The summed E-state index contributed by atoms with van der Waals surface area (Å²) in [5, 5.41) is 0. The average Bonchev–Trinajstić information content (AvgIpc) is 3.21. The van der Waals surface area contributed by atoms with E-state index in [2.05, 4.69) is 22.0 Å². The van der Waals surface area contributed by atoms with Crippen LogP contribution in [0.5, 0.6) is 5.75 Å². The minimum atomic E-state index is 0.0850. The third kappa shape index (κ3) is 4.77. The van der Waals surface area contributed by atoms with Crippen molar-refractivity contribution in [3.63, 3.8) is 0 Å². The highest BCUT2D eigenvalue weighted by atomic mass is 16.5. The van der Waals surface area contributed by atoms with Gasteiger partial charge in [-0.1, -0.05) is 30.3 Å². The van der Waals surface area contributed by atoms with Gasteiger partial charge in [0, 0.05) is 38.3 Å². The van der Waals surface area contributed by atoms with Crippen molar-refractivity contribution < 1.29 is 13.9 Å². The van der Waals surface area contributed by atoms with Crippen LogP contribution < -0.4 is 9.64 Å². The molecule has 1 aliphatic heterocycles. The molecule has 2 heterocycles. The second-order valence-corrected chi connectivity index (χ2v) is 7.13. The van der Waals surface area contributed by atoms with Crippen LogP contribution in [-0.4, -0.2) is 49.1 Å². The number of carbonyl (C=O) groups is 1. The lowest BCUT2D eigenvalue weighted by molar-refractivity contribution is -0.131. The summed E-state index contributed by atoms with van der Waals surface area (Å²) in [5.74, 6) is 2.20. The molecular formula is C23H25N3O3. The molecule has 0 aliphatic carbocycles. The highest BCUT2D eigenvalue weighted by molar-refractivity contribution is 5.78. The van der Waals surface area contributed by atoms with Crippen molar-refractivity contribution in [2.45, 2.75) is 12.8 Å². The van der Waals surface area contributed by atoms with Crippen molar-refractivity contribution in [2.24, 2.45) is 0 Å². The topological polar surface area (TPSA) is 58.8 Å². The maximum Gasteiger partial charge on any atom is 0.230 e. The van der Waals surface area contributed by atoms with Crippen LogP contribution in [0.15, 0.2) is 65.2 Å². The molecule has 2 aromatic carbocycles. The van der Waals surface area contributed by atoms with E-state index in [4.69, 9.17) is 9.15 Å². The highest BCUT2D eigenvalue weighted by Crippen LogP contribution is 2.21. The van der Waals surface area contributed by atoms with E-state index < -0.39 is 0 Å². The zero-order chi connectivity index (χ0) is 20.1. The van der Waals surface area contributed by atoms with Crippen LogP contribution >= 0.6 is 0 Å². The number of benzene rings is 2. The molecule has 1 aromatic heterocycles. The summed E-state index contributed by atoms with van der Waals surface area (Å²) in [7, 11) is 1.67. The molecule has 6 nitrogen and oxygen atoms in total. The number of aromatic nitrogens is 1. The number of hydrogen-bond donors (Lipinski definition) is 0. The molecular weight excluding hydrogens is 366 g/mol. The lowest BCUT2D eigenvalue weighted by atomic mass is 10.2. The van der Waals surface area contributed by atoms with Crippen LogP contribution in [0.1, 0.15) is 17.2 Å². The number of carbonyl (C=O) groups excluding carboxylic acids is 1. The number of hydrogen-bond acceptors (Lipinski definition) is 5. The molecule has 0 N–H and O–H groups in total. The molecule has 1 saturated heterocycles. The summed E-state index contributed by atoms with van der Waals surface area (Å²) >= 11 is 0. The lowest BCUT2D eigenvalue weighted by Gasteiger charge is -2.36. The normalized spacial score (nSPS) is 14.1. The van der Waals surface area contributed by atoms with Gasteiger partial charge in [0.15, 0.2) is 5.89 Å². The second-order valence-electron chi connectivity index (χ2n) is 7.13. The predicted octanol–water partition coefficient (Wildman–Crippen LogP) is 3.17. The molecule has 1 fully saturated rings. The van der Waals surface area contributed by atoms with Gasteiger partial charge in [-0.15, -0.1) is 0 Å². The van der Waals surface area contributed by atoms with Crippen LogP contribution in [0, 0.1) is 0 Å². The first-order valence-electron chi connectivity index (χ1n) is 9.85. The zero-order valence-corrected chi connectivity index (χ0v) is 16.6. The number of anilines is 1. The number of rotatable bonds is 6. The quantitative estimate of drug-likeness (QED) is 0.646. The van der Waals surface area contributed by atoms with E-state index in [1.54, 1.807) is 13.3 Å². The van der Waals surface area contributed by atoms with E-state index in [0.717, 1.165) is 30.1 Å². The molecule has 0 bridgehead atoms. The van der Waals surface area contributed by atoms with Gasteiger partial charge in [-0.3, -0.25) is 4.79 Å². The van der Waals surface area contributed by atoms with Crippen molar-refractivity contribution in [3.8, 4) is 5.75 Å². The summed E-state index contributed by atoms with van der Waals surface area (Å²) < 4.78 is 11.0. The SMILES string of the molecule is COc1ccc(N2CCN(C(=O)Cc3cnc(Cc4ccccc4)o3)CC2)cc1. The molecule has 4 rings (SSSR count). The maximum absolute atomic E-state index is 12.7. The summed E-state index contributed by atoms with van der Waals surface area (Å²) in [4.78, 5) is 21.2. The fourth-order valence-corrected chi connectivity index (χ4v) is 3.55. The molecule has 0 saturated carbocycles. The monoisotopic (exact) mass is 391 g/mol. The van der Waals surface area contributed by atoms with E-state index in [-0.39, 0.29) is 12.3 Å². The Balaban J connectivity index is 1.28. The summed E-state index contributed by atoms with van der Waals surface area (Å²) in [6.45, 7) is 3.03. The van der Waals surface area contributed by atoms with Crippen molar-refractivity contribution in [2.75, 3.05) is 38.2 Å². The Kier molecular flexibility index (Phi) is 5.79. The molecule has 0 radical (unpaired) electrons. The minimum Gasteiger partial charge on any atom is -0.497 e. The van der Waals surface area contributed by atoms with Crippen molar-refractivity contribution >= 4 is 11.6 Å². The zero-order valence-electron chi connectivity index (χ0n) is 16.6. The van der Waals surface area contributed by atoms with Crippen molar-refractivity contribution in [1.82, 2.24) is 9.88 Å². The number of piperazine rings is 1. The first kappa shape index (κ1) is 19.1. The Morgan fingerprint density at radius 1 is 1.03 bits per heavy atom. The van der Waals surface area contributed by atoms with E-state index in [9.17, 15) is 4.79 Å². The molecule has 0 atom stereocenters. The van der Waals surface area contributed by atoms with Gasteiger partial charge in [0.2, 0.25) is 5.91 Å². The number of nitrogens with zero attached hydrogens (tertiary/aromatic N) is 3. The Bertz CT molecular complexity index is 930. The number of oxazole rings is 1. The summed E-state index contributed by atoms with van der Waals surface area (Å²) in [5.41, 5.74) is 2.29. The van der Waals surface area contributed by atoms with Gasteiger partial charge < -0.3 is 19.0 Å². The van der Waals surface area contributed by atoms with Gasteiger partial charge in [0.1, 0.15) is 11.5 Å². The fourth-order valence-electron chi connectivity index (χ4n) is 3.55. The predicted molar refractivity (Wildman–Crippen MR) is 111 cm³/mol. The van der Waals surface area contributed by atoms with Crippen LogP contribution in [0.3, 0.4) is 0 Å². The van der Waals surface area contributed by atoms with Crippen LogP contribution in [-0.2, 0) is 17.6 Å². The van der Waals surface area contributed by atoms with Gasteiger partial charge in [0.25, 0.3) is 0 Å². The van der Waals surface area contributed by atoms with E-state index >= 15 is 0 Å². The molecule has 3 aromatic rings. The molecule has 29 heavy (non-hydrogen) atoms. The Hall–Kier alpha value is -3.28. The van der Waals surface area contributed by atoms with Gasteiger partial charge in [-0.2, -0.15) is 0 Å². The first-order valence-corrected chi connectivity index (χ1v) is 9.85. The Morgan fingerprint density at radius 3 is 2.45 bits per heavy atom. The smallest absolute Gasteiger partial charge is 0.230 e. The van der Waals surface area contributed by atoms with Gasteiger partial charge in [-0.05, 0) is 29.8 Å². The van der Waals surface area contributed by atoms with E-state index in [1.165, 1.54) is 0 Å². The first-order chi connectivity index (χ1) is 14.2. The number of ether oxygens (including phenoxy) is 1. The van der Waals surface area contributed by atoms with E-state index in [0.29, 0.717) is 31.2 Å². The minimum absolute atomic E-state index is 0.0850. The van der Waals surface area contributed by atoms with Crippen molar-refractivity contribution in [1.29, 1.82) is 0 Å². The van der Waals surface area contributed by atoms with E-state index in [1.807, 2.05) is 47.4 Å². The van der Waals surface area contributed by atoms with Gasteiger partial charge in [-0.25, -0.2) is 4.98 Å².